The normalized spacial score (nSPS) is 17.2. The van der Waals surface area contributed by atoms with Crippen LogP contribution in [0.4, 0.5) is 9.93 Å². The van der Waals surface area contributed by atoms with Crippen LogP contribution in [0.1, 0.15) is 0 Å². The summed E-state index contributed by atoms with van der Waals surface area (Å²) in [7, 11) is 3.65. The molecule has 2 rings (SSSR count). The molecule has 0 atom stereocenters. The zero-order valence-corrected chi connectivity index (χ0v) is 10.5. The van der Waals surface area contributed by atoms with Crippen molar-refractivity contribution in [1.29, 1.82) is 0 Å². The number of carbonyl (C=O) groups is 1. The van der Waals surface area contributed by atoms with Crippen molar-refractivity contribution in [1.82, 2.24) is 9.88 Å². The third-order valence-electron chi connectivity index (χ3n) is 1.91. The molecule has 4 nitrogen and oxygen atoms in total. The highest BCUT2D eigenvalue weighted by molar-refractivity contribution is 8.76. The number of thiazole rings is 1. The largest absolute Gasteiger partial charge is 0.323 e. The summed E-state index contributed by atoms with van der Waals surface area (Å²) in [6, 6.07) is -0.0342. The first-order chi connectivity index (χ1) is 7.36. The predicted octanol–water partition coefficient (Wildman–Crippen LogP) is 2.37. The molecule has 1 saturated heterocycles. The number of anilines is 1. The van der Waals surface area contributed by atoms with Crippen molar-refractivity contribution >= 4 is 44.1 Å². The number of rotatable bonds is 1. The third-order valence-corrected chi connectivity index (χ3v) is 4.96. The Kier molecular flexibility index (Phi) is 4.16. The summed E-state index contributed by atoms with van der Waals surface area (Å²) >= 11 is 1.44. The zero-order valence-electron chi connectivity index (χ0n) is 8.01. The van der Waals surface area contributed by atoms with Gasteiger partial charge in [-0.15, -0.1) is 11.3 Å². The number of nitrogens with zero attached hydrogens (tertiary/aromatic N) is 2. The van der Waals surface area contributed by atoms with Crippen LogP contribution in [0.25, 0.3) is 0 Å². The van der Waals surface area contributed by atoms with Crippen LogP contribution in [0.3, 0.4) is 0 Å². The van der Waals surface area contributed by atoms with Crippen molar-refractivity contribution in [3.8, 4) is 0 Å². The molecule has 2 amide bonds. The number of urea groups is 1. The van der Waals surface area contributed by atoms with Gasteiger partial charge in [-0.1, -0.05) is 21.6 Å². The molecule has 0 unspecified atom stereocenters. The molecule has 2 heterocycles. The first-order valence-corrected chi connectivity index (χ1v) is 7.93. The van der Waals surface area contributed by atoms with E-state index >= 15 is 0 Å². The summed E-state index contributed by atoms with van der Waals surface area (Å²) in [4.78, 5) is 17.6. The number of amides is 2. The highest BCUT2D eigenvalue weighted by Crippen LogP contribution is 2.24. The van der Waals surface area contributed by atoms with Crippen molar-refractivity contribution in [2.75, 3.05) is 29.9 Å². The molecule has 1 aromatic heterocycles. The van der Waals surface area contributed by atoms with Gasteiger partial charge in [-0.2, -0.15) is 0 Å². The Bertz CT molecular complexity index is 309. The molecule has 15 heavy (non-hydrogen) atoms. The fraction of sp³-hybridized carbons (Fsp3) is 0.500. The Morgan fingerprint density at radius 3 is 2.73 bits per heavy atom. The van der Waals surface area contributed by atoms with Gasteiger partial charge in [-0.05, 0) is 0 Å². The number of carbonyl (C=O) groups excluding carboxylic acids is 1. The van der Waals surface area contributed by atoms with E-state index in [0.717, 1.165) is 24.6 Å². The van der Waals surface area contributed by atoms with Crippen LogP contribution in [-0.2, 0) is 0 Å². The van der Waals surface area contributed by atoms with E-state index in [1.54, 1.807) is 6.20 Å². The highest BCUT2D eigenvalue weighted by atomic mass is 33.1. The molecule has 0 saturated carbocycles. The Balaban J connectivity index is 1.89. The molecule has 0 radical (unpaired) electrons. The molecule has 1 aliphatic rings. The predicted molar refractivity (Wildman–Crippen MR) is 67.6 cm³/mol. The van der Waals surface area contributed by atoms with E-state index in [0.29, 0.717) is 5.13 Å². The Morgan fingerprint density at radius 2 is 2.13 bits per heavy atom. The maximum Gasteiger partial charge on any atom is 0.323 e. The minimum atomic E-state index is -0.0342. The summed E-state index contributed by atoms with van der Waals surface area (Å²) in [5, 5.41) is 5.32. The van der Waals surface area contributed by atoms with Gasteiger partial charge in [0.2, 0.25) is 0 Å². The van der Waals surface area contributed by atoms with Gasteiger partial charge in [-0.25, -0.2) is 9.78 Å². The molecular weight excluding hydrogens is 250 g/mol. The standard InChI is InChI=1S/C8H11N3OS3/c12-8(10-7-9-1-4-13-7)11-2-5-14-15-6-3-11/h1,4H,2-3,5-6H2,(H,9,10,12). The number of nitrogens with one attached hydrogen (secondary N) is 1. The van der Waals surface area contributed by atoms with Crippen LogP contribution >= 0.6 is 32.9 Å². The molecule has 0 bridgehead atoms. The molecule has 0 aromatic carbocycles. The average Bonchev–Trinajstić information content (AvgIpc) is 2.58. The van der Waals surface area contributed by atoms with Gasteiger partial charge >= 0.3 is 6.03 Å². The average molecular weight is 261 g/mol. The second kappa shape index (κ2) is 5.62. The van der Waals surface area contributed by atoms with Crippen molar-refractivity contribution in [2.45, 2.75) is 0 Å². The van der Waals surface area contributed by atoms with Gasteiger partial charge in [-0.3, -0.25) is 5.32 Å². The SMILES string of the molecule is O=C(Nc1nccs1)N1CCSSCC1. The fourth-order valence-electron chi connectivity index (χ4n) is 1.18. The van der Waals surface area contributed by atoms with E-state index in [4.69, 9.17) is 0 Å². The lowest BCUT2D eigenvalue weighted by Gasteiger charge is -2.18. The number of hydrogen-bond donors (Lipinski definition) is 1. The Labute approximate surface area is 100 Å². The molecule has 82 valence electrons. The van der Waals surface area contributed by atoms with E-state index in [-0.39, 0.29) is 6.03 Å². The van der Waals surface area contributed by atoms with Gasteiger partial charge in [0, 0.05) is 36.2 Å². The highest BCUT2D eigenvalue weighted by Gasteiger charge is 2.16. The minimum absolute atomic E-state index is 0.0342. The van der Waals surface area contributed by atoms with Gasteiger partial charge in [0.1, 0.15) is 0 Å². The van der Waals surface area contributed by atoms with Gasteiger partial charge < -0.3 is 4.90 Å². The summed E-state index contributed by atoms with van der Waals surface area (Å²) in [6.07, 6.45) is 1.69. The molecule has 1 aromatic rings. The lowest BCUT2D eigenvalue weighted by molar-refractivity contribution is 0.218. The van der Waals surface area contributed by atoms with Gasteiger partial charge in [0.15, 0.2) is 5.13 Å². The molecule has 0 aliphatic carbocycles. The monoisotopic (exact) mass is 261 g/mol. The molecule has 1 aliphatic heterocycles. The van der Waals surface area contributed by atoms with E-state index < -0.39 is 0 Å². The lowest BCUT2D eigenvalue weighted by atomic mass is 10.5. The summed E-state index contributed by atoms with van der Waals surface area (Å²) in [5.74, 6) is 1.99. The van der Waals surface area contributed by atoms with Crippen LogP contribution in [0.15, 0.2) is 11.6 Å². The van der Waals surface area contributed by atoms with Crippen LogP contribution in [0, 0.1) is 0 Å². The maximum absolute atomic E-state index is 11.8. The number of hydrogen-bond acceptors (Lipinski definition) is 5. The second-order valence-corrected chi connectivity index (χ2v) is 6.50. The van der Waals surface area contributed by atoms with Gasteiger partial charge in [0.05, 0.1) is 0 Å². The smallest absolute Gasteiger partial charge is 0.323 e. The van der Waals surface area contributed by atoms with Crippen molar-refractivity contribution in [2.24, 2.45) is 0 Å². The Morgan fingerprint density at radius 1 is 1.40 bits per heavy atom. The van der Waals surface area contributed by atoms with Crippen molar-refractivity contribution in [3.63, 3.8) is 0 Å². The molecule has 1 N–H and O–H groups in total. The lowest BCUT2D eigenvalue weighted by Crippen LogP contribution is -2.37. The second-order valence-electron chi connectivity index (χ2n) is 2.90. The van der Waals surface area contributed by atoms with E-state index in [2.05, 4.69) is 10.3 Å². The van der Waals surface area contributed by atoms with Crippen LogP contribution in [0.2, 0.25) is 0 Å². The van der Waals surface area contributed by atoms with E-state index in [1.165, 1.54) is 11.3 Å². The summed E-state index contributed by atoms with van der Waals surface area (Å²) in [5.41, 5.74) is 0. The Hall–Kier alpha value is -0.400. The summed E-state index contributed by atoms with van der Waals surface area (Å²) < 4.78 is 0. The van der Waals surface area contributed by atoms with Crippen LogP contribution in [-0.4, -0.2) is 40.5 Å². The van der Waals surface area contributed by atoms with Crippen LogP contribution in [0.5, 0.6) is 0 Å². The molecule has 1 fully saturated rings. The van der Waals surface area contributed by atoms with E-state index in [9.17, 15) is 4.79 Å². The third kappa shape index (κ3) is 3.29. The minimum Gasteiger partial charge on any atom is -0.323 e. The zero-order chi connectivity index (χ0) is 10.5. The summed E-state index contributed by atoms with van der Waals surface area (Å²) in [6.45, 7) is 1.63. The fourth-order valence-corrected chi connectivity index (χ4v) is 3.68. The van der Waals surface area contributed by atoms with Crippen molar-refractivity contribution in [3.05, 3.63) is 11.6 Å². The number of aromatic nitrogens is 1. The van der Waals surface area contributed by atoms with Gasteiger partial charge in [0.25, 0.3) is 0 Å². The molecule has 0 spiro atoms. The van der Waals surface area contributed by atoms with E-state index in [1.807, 2.05) is 31.9 Å². The quantitative estimate of drug-likeness (QED) is 0.788. The maximum atomic E-state index is 11.8. The first kappa shape index (κ1) is 11.1. The topological polar surface area (TPSA) is 45.2 Å². The molecule has 7 heteroatoms. The van der Waals surface area contributed by atoms with Crippen molar-refractivity contribution < 1.29 is 4.79 Å². The first-order valence-electron chi connectivity index (χ1n) is 4.56. The molecular formula is C8H11N3OS3. The van der Waals surface area contributed by atoms with Crippen LogP contribution < -0.4 is 5.32 Å².